The minimum Gasteiger partial charge on any atom is -0.381 e. The molecule has 0 aliphatic heterocycles. The summed E-state index contributed by atoms with van der Waals surface area (Å²) in [6.45, 7) is 4.88. The highest BCUT2D eigenvalue weighted by molar-refractivity contribution is 7.80. The molecule has 0 bridgehead atoms. The predicted octanol–water partition coefficient (Wildman–Crippen LogP) is 1.29. The zero-order valence-corrected chi connectivity index (χ0v) is 8.14. The van der Waals surface area contributed by atoms with Gasteiger partial charge in [-0.1, -0.05) is 0 Å². The molecule has 3 nitrogen and oxygen atoms in total. The van der Waals surface area contributed by atoms with Gasteiger partial charge in [0.25, 0.3) is 0 Å². The standard InChI is InChI=1S/C7H16O3S/c1-4-9-6(2)10-7(11)5-8-3/h6-7,11H,4-5H2,1-3H3/t6-,7-/m1/s1. The lowest BCUT2D eigenvalue weighted by atomic mass is 10.7. The first kappa shape index (κ1) is 11.2. The quantitative estimate of drug-likeness (QED) is 0.493. The Morgan fingerprint density at radius 3 is 2.55 bits per heavy atom. The summed E-state index contributed by atoms with van der Waals surface area (Å²) in [5.74, 6) is 0. The van der Waals surface area contributed by atoms with E-state index in [1.54, 1.807) is 7.11 Å². The lowest BCUT2D eigenvalue weighted by molar-refractivity contribution is -0.144. The molecule has 0 spiro atoms. The lowest BCUT2D eigenvalue weighted by Gasteiger charge is -2.17. The van der Waals surface area contributed by atoms with Crippen LogP contribution in [0.15, 0.2) is 0 Å². The van der Waals surface area contributed by atoms with Crippen molar-refractivity contribution in [3.8, 4) is 0 Å². The van der Waals surface area contributed by atoms with Crippen molar-refractivity contribution in [1.82, 2.24) is 0 Å². The van der Waals surface area contributed by atoms with E-state index in [2.05, 4.69) is 12.6 Å². The summed E-state index contributed by atoms with van der Waals surface area (Å²) in [5, 5.41) is 0. The number of hydrogen-bond donors (Lipinski definition) is 1. The van der Waals surface area contributed by atoms with Crippen molar-refractivity contribution < 1.29 is 14.2 Å². The maximum Gasteiger partial charge on any atom is 0.156 e. The highest BCUT2D eigenvalue weighted by Gasteiger charge is 2.07. The monoisotopic (exact) mass is 180 g/mol. The van der Waals surface area contributed by atoms with Gasteiger partial charge in [0.05, 0.1) is 6.61 Å². The predicted molar refractivity (Wildman–Crippen MR) is 46.8 cm³/mol. The Balaban J connectivity index is 3.32. The Bertz CT molecular complexity index is 79.8. The van der Waals surface area contributed by atoms with Crippen LogP contribution in [0.1, 0.15) is 13.8 Å². The Labute approximate surface area is 73.4 Å². The number of methoxy groups -OCH3 is 1. The Hall–Kier alpha value is 0.230. The fourth-order valence-electron chi connectivity index (χ4n) is 0.677. The molecule has 0 amide bonds. The normalized spacial score (nSPS) is 16.4. The van der Waals surface area contributed by atoms with Crippen LogP contribution in [-0.2, 0) is 14.2 Å². The Kier molecular flexibility index (Phi) is 7.06. The van der Waals surface area contributed by atoms with Gasteiger partial charge in [0.1, 0.15) is 5.44 Å². The zero-order valence-electron chi connectivity index (χ0n) is 7.24. The van der Waals surface area contributed by atoms with E-state index in [1.807, 2.05) is 13.8 Å². The van der Waals surface area contributed by atoms with E-state index in [4.69, 9.17) is 14.2 Å². The molecule has 0 rings (SSSR count). The maximum absolute atomic E-state index is 5.25. The minimum atomic E-state index is -0.211. The highest BCUT2D eigenvalue weighted by atomic mass is 32.1. The summed E-state index contributed by atoms with van der Waals surface area (Å²) in [7, 11) is 1.61. The van der Waals surface area contributed by atoms with E-state index in [0.29, 0.717) is 13.2 Å². The smallest absolute Gasteiger partial charge is 0.156 e. The van der Waals surface area contributed by atoms with E-state index in [1.165, 1.54) is 0 Å². The van der Waals surface area contributed by atoms with Crippen LogP contribution in [0.4, 0.5) is 0 Å². The van der Waals surface area contributed by atoms with Gasteiger partial charge in [-0.3, -0.25) is 0 Å². The van der Waals surface area contributed by atoms with Gasteiger partial charge in [0.2, 0.25) is 0 Å². The third-order valence-corrected chi connectivity index (χ3v) is 1.33. The molecule has 0 saturated heterocycles. The van der Waals surface area contributed by atoms with Gasteiger partial charge < -0.3 is 14.2 Å². The summed E-state index contributed by atoms with van der Waals surface area (Å²) in [5.41, 5.74) is -0.207. The maximum atomic E-state index is 5.25. The van der Waals surface area contributed by atoms with Gasteiger partial charge in [-0.05, 0) is 13.8 Å². The molecule has 0 N–H and O–H groups in total. The third-order valence-electron chi connectivity index (χ3n) is 1.06. The van der Waals surface area contributed by atoms with Gasteiger partial charge in [-0.2, -0.15) is 0 Å². The Morgan fingerprint density at radius 2 is 2.09 bits per heavy atom. The molecular weight excluding hydrogens is 164 g/mol. The largest absolute Gasteiger partial charge is 0.381 e. The second-order valence-corrected chi connectivity index (χ2v) is 2.65. The molecule has 0 saturated carbocycles. The third kappa shape index (κ3) is 6.62. The molecule has 0 aromatic heterocycles. The number of hydrogen-bond acceptors (Lipinski definition) is 4. The van der Waals surface area contributed by atoms with Gasteiger partial charge in [0.15, 0.2) is 6.29 Å². The van der Waals surface area contributed by atoms with Gasteiger partial charge in [-0.15, -0.1) is 12.6 Å². The second-order valence-electron chi connectivity index (χ2n) is 2.07. The first-order chi connectivity index (χ1) is 5.20. The molecule has 0 aliphatic carbocycles. The van der Waals surface area contributed by atoms with Crippen molar-refractivity contribution in [2.75, 3.05) is 20.3 Å². The first-order valence-electron chi connectivity index (χ1n) is 3.64. The van der Waals surface area contributed by atoms with Crippen LogP contribution in [0.2, 0.25) is 0 Å². The second kappa shape index (κ2) is 6.91. The molecular formula is C7H16O3S. The molecule has 0 unspecified atom stereocenters. The van der Waals surface area contributed by atoms with Gasteiger partial charge >= 0.3 is 0 Å². The molecule has 0 fully saturated rings. The first-order valence-corrected chi connectivity index (χ1v) is 4.16. The van der Waals surface area contributed by atoms with Crippen molar-refractivity contribution in [1.29, 1.82) is 0 Å². The fourth-order valence-corrected chi connectivity index (χ4v) is 0.998. The van der Waals surface area contributed by atoms with Crippen molar-refractivity contribution in [2.45, 2.75) is 25.6 Å². The van der Waals surface area contributed by atoms with Crippen molar-refractivity contribution in [2.24, 2.45) is 0 Å². The van der Waals surface area contributed by atoms with Crippen LogP contribution in [0.3, 0.4) is 0 Å². The van der Waals surface area contributed by atoms with E-state index >= 15 is 0 Å². The lowest BCUT2D eigenvalue weighted by Crippen LogP contribution is -2.21. The number of rotatable bonds is 6. The van der Waals surface area contributed by atoms with Crippen molar-refractivity contribution in [3.63, 3.8) is 0 Å². The Morgan fingerprint density at radius 1 is 1.45 bits per heavy atom. The molecule has 0 aromatic rings. The van der Waals surface area contributed by atoms with Crippen molar-refractivity contribution >= 4 is 12.6 Å². The van der Waals surface area contributed by atoms with Crippen LogP contribution in [-0.4, -0.2) is 32.0 Å². The summed E-state index contributed by atoms with van der Waals surface area (Å²) < 4.78 is 15.2. The van der Waals surface area contributed by atoms with Crippen LogP contribution >= 0.6 is 12.6 Å². The SMILES string of the molecule is CCO[C@@H](C)O[C@H](S)COC. The molecule has 4 heteroatoms. The van der Waals surface area contributed by atoms with Gasteiger partial charge in [0, 0.05) is 13.7 Å². The molecule has 11 heavy (non-hydrogen) atoms. The molecule has 0 aliphatic rings. The average molecular weight is 180 g/mol. The van der Waals surface area contributed by atoms with E-state index in [0.717, 1.165) is 0 Å². The summed E-state index contributed by atoms with van der Waals surface area (Å²) >= 11 is 4.12. The molecule has 2 atom stereocenters. The molecule has 0 heterocycles. The van der Waals surface area contributed by atoms with Crippen LogP contribution in [0.5, 0.6) is 0 Å². The molecule has 68 valence electrons. The minimum absolute atomic E-state index is 0.207. The average Bonchev–Trinajstić information content (AvgIpc) is 1.87. The summed E-state index contributed by atoms with van der Waals surface area (Å²) in [6, 6.07) is 0. The zero-order chi connectivity index (χ0) is 8.69. The van der Waals surface area contributed by atoms with Crippen LogP contribution < -0.4 is 0 Å². The summed E-state index contributed by atoms with van der Waals surface area (Å²) in [4.78, 5) is 0. The summed E-state index contributed by atoms with van der Waals surface area (Å²) in [6.07, 6.45) is -0.211. The van der Waals surface area contributed by atoms with Crippen molar-refractivity contribution in [3.05, 3.63) is 0 Å². The molecule has 0 radical (unpaired) electrons. The van der Waals surface area contributed by atoms with E-state index < -0.39 is 0 Å². The molecule has 0 aromatic carbocycles. The fraction of sp³-hybridized carbons (Fsp3) is 1.00. The number of ether oxygens (including phenoxy) is 3. The van der Waals surface area contributed by atoms with E-state index in [-0.39, 0.29) is 11.7 Å². The van der Waals surface area contributed by atoms with Crippen LogP contribution in [0, 0.1) is 0 Å². The number of thiol groups is 1. The highest BCUT2D eigenvalue weighted by Crippen LogP contribution is 2.03. The van der Waals surface area contributed by atoms with Gasteiger partial charge in [-0.25, -0.2) is 0 Å². The topological polar surface area (TPSA) is 27.7 Å². The van der Waals surface area contributed by atoms with E-state index in [9.17, 15) is 0 Å². The van der Waals surface area contributed by atoms with Crippen LogP contribution in [0.25, 0.3) is 0 Å².